The highest BCUT2D eigenvalue weighted by Gasteiger charge is 2.30. The maximum atomic E-state index is 5.89. The fraction of sp³-hybridized carbons (Fsp3) is 1.00. The Labute approximate surface area is 114 Å². The van der Waals surface area contributed by atoms with E-state index in [9.17, 15) is 0 Å². The van der Waals surface area contributed by atoms with E-state index in [-0.39, 0.29) is 0 Å². The summed E-state index contributed by atoms with van der Waals surface area (Å²) in [6.07, 6.45) is 12.4. The predicted octanol–water partition coefficient (Wildman–Crippen LogP) is 3.79. The van der Waals surface area contributed by atoms with Crippen molar-refractivity contribution in [1.82, 2.24) is 4.90 Å². The van der Waals surface area contributed by atoms with Crippen molar-refractivity contribution in [3.8, 4) is 0 Å². The van der Waals surface area contributed by atoms with Gasteiger partial charge in [0.25, 0.3) is 0 Å². The van der Waals surface area contributed by atoms with E-state index in [1.165, 1.54) is 57.8 Å². The Morgan fingerprint density at radius 2 is 1.89 bits per heavy atom. The van der Waals surface area contributed by atoms with Gasteiger partial charge in [-0.25, -0.2) is 0 Å². The van der Waals surface area contributed by atoms with E-state index in [4.69, 9.17) is 5.73 Å². The highest BCUT2D eigenvalue weighted by Crippen LogP contribution is 2.30. The Morgan fingerprint density at radius 3 is 2.56 bits per heavy atom. The van der Waals surface area contributed by atoms with Crippen molar-refractivity contribution in [3.05, 3.63) is 0 Å². The SMILES string of the molecule is CCCCCCCC(C)N(C)C1CCCC1CN. The molecule has 1 rings (SSSR count). The largest absolute Gasteiger partial charge is 0.330 e. The molecule has 0 amide bonds. The van der Waals surface area contributed by atoms with Crippen molar-refractivity contribution < 1.29 is 0 Å². The van der Waals surface area contributed by atoms with Gasteiger partial charge in [-0.3, -0.25) is 0 Å². The zero-order valence-corrected chi connectivity index (χ0v) is 12.8. The lowest BCUT2D eigenvalue weighted by molar-refractivity contribution is 0.143. The number of hydrogen-bond donors (Lipinski definition) is 1. The van der Waals surface area contributed by atoms with Crippen LogP contribution in [0.25, 0.3) is 0 Å². The molecule has 2 heteroatoms. The van der Waals surface area contributed by atoms with Crippen LogP contribution in [-0.4, -0.2) is 30.6 Å². The summed E-state index contributed by atoms with van der Waals surface area (Å²) in [5.74, 6) is 0.748. The normalized spacial score (nSPS) is 25.8. The maximum Gasteiger partial charge on any atom is 0.0135 e. The van der Waals surface area contributed by atoms with Crippen molar-refractivity contribution in [3.63, 3.8) is 0 Å². The van der Waals surface area contributed by atoms with E-state index >= 15 is 0 Å². The second kappa shape index (κ2) is 8.92. The number of nitrogens with two attached hydrogens (primary N) is 1. The fourth-order valence-electron chi connectivity index (χ4n) is 3.40. The lowest BCUT2D eigenvalue weighted by Crippen LogP contribution is -2.42. The van der Waals surface area contributed by atoms with Gasteiger partial charge in [-0.05, 0) is 45.7 Å². The number of rotatable bonds is 9. The first kappa shape index (κ1) is 16.0. The van der Waals surface area contributed by atoms with Crippen LogP contribution < -0.4 is 5.73 Å². The first-order valence-corrected chi connectivity index (χ1v) is 8.12. The summed E-state index contributed by atoms with van der Waals surface area (Å²) in [6, 6.07) is 1.48. The first-order chi connectivity index (χ1) is 8.70. The molecule has 0 aromatic carbocycles. The van der Waals surface area contributed by atoms with Crippen molar-refractivity contribution in [1.29, 1.82) is 0 Å². The molecule has 0 aromatic rings. The first-order valence-electron chi connectivity index (χ1n) is 8.12. The van der Waals surface area contributed by atoms with E-state index in [1.54, 1.807) is 0 Å². The van der Waals surface area contributed by atoms with Gasteiger partial charge in [0, 0.05) is 12.1 Å². The van der Waals surface area contributed by atoms with Gasteiger partial charge in [-0.2, -0.15) is 0 Å². The average molecular weight is 254 g/mol. The zero-order valence-electron chi connectivity index (χ0n) is 12.8. The van der Waals surface area contributed by atoms with Crippen molar-refractivity contribution >= 4 is 0 Å². The Morgan fingerprint density at radius 1 is 1.17 bits per heavy atom. The van der Waals surface area contributed by atoms with Gasteiger partial charge in [-0.1, -0.05) is 45.4 Å². The Hall–Kier alpha value is -0.0800. The van der Waals surface area contributed by atoms with Gasteiger partial charge in [0.1, 0.15) is 0 Å². The molecule has 1 saturated carbocycles. The summed E-state index contributed by atoms with van der Waals surface area (Å²) in [7, 11) is 2.31. The minimum Gasteiger partial charge on any atom is -0.330 e. The summed E-state index contributed by atoms with van der Waals surface area (Å²) in [5.41, 5.74) is 5.89. The molecular weight excluding hydrogens is 220 g/mol. The molecule has 2 nitrogen and oxygen atoms in total. The van der Waals surface area contributed by atoms with E-state index in [0.717, 1.165) is 24.5 Å². The summed E-state index contributed by atoms with van der Waals surface area (Å²) in [6.45, 7) is 5.55. The summed E-state index contributed by atoms with van der Waals surface area (Å²) >= 11 is 0. The number of nitrogens with zero attached hydrogens (tertiary/aromatic N) is 1. The third kappa shape index (κ3) is 4.89. The molecule has 0 bridgehead atoms. The van der Waals surface area contributed by atoms with Gasteiger partial charge < -0.3 is 10.6 Å². The third-order valence-corrected chi connectivity index (χ3v) is 4.87. The molecule has 1 fully saturated rings. The Balaban J connectivity index is 2.21. The van der Waals surface area contributed by atoms with Crippen molar-refractivity contribution in [2.75, 3.05) is 13.6 Å². The van der Waals surface area contributed by atoms with Gasteiger partial charge >= 0.3 is 0 Å². The van der Waals surface area contributed by atoms with E-state index < -0.39 is 0 Å². The smallest absolute Gasteiger partial charge is 0.0135 e. The van der Waals surface area contributed by atoms with Gasteiger partial charge in [0.15, 0.2) is 0 Å². The van der Waals surface area contributed by atoms with Crippen LogP contribution in [0, 0.1) is 5.92 Å². The fourth-order valence-corrected chi connectivity index (χ4v) is 3.40. The number of hydrogen-bond acceptors (Lipinski definition) is 2. The monoisotopic (exact) mass is 254 g/mol. The molecule has 108 valence electrons. The highest BCUT2D eigenvalue weighted by atomic mass is 15.2. The van der Waals surface area contributed by atoms with Crippen LogP contribution >= 0.6 is 0 Å². The Bertz CT molecular complexity index is 205. The van der Waals surface area contributed by atoms with E-state index in [1.807, 2.05) is 0 Å². The molecule has 18 heavy (non-hydrogen) atoms. The molecule has 2 N–H and O–H groups in total. The van der Waals surface area contributed by atoms with Crippen LogP contribution in [0.2, 0.25) is 0 Å². The topological polar surface area (TPSA) is 29.3 Å². The van der Waals surface area contributed by atoms with E-state index in [2.05, 4.69) is 25.8 Å². The molecule has 0 saturated heterocycles. The lowest BCUT2D eigenvalue weighted by atomic mass is 9.99. The molecule has 3 atom stereocenters. The van der Waals surface area contributed by atoms with Crippen LogP contribution in [0.15, 0.2) is 0 Å². The molecule has 0 heterocycles. The van der Waals surface area contributed by atoms with Crippen molar-refractivity contribution in [2.45, 2.75) is 83.7 Å². The molecule has 0 aliphatic heterocycles. The van der Waals surface area contributed by atoms with Gasteiger partial charge in [-0.15, -0.1) is 0 Å². The minimum absolute atomic E-state index is 0.726. The van der Waals surface area contributed by atoms with Crippen LogP contribution in [0.3, 0.4) is 0 Å². The van der Waals surface area contributed by atoms with Gasteiger partial charge in [0.05, 0.1) is 0 Å². The van der Waals surface area contributed by atoms with Crippen LogP contribution in [-0.2, 0) is 0 Å². The second-order valence-electron chi connectivity index (χ2n) is 6.21. The molecule has 3 unspecified atom stereocenters. The summed E-state index contributed by atoms with van der Waals surface area (Å²) in [5, 5.41) is 0. The second-order valence-corrected chi connectivity index (χ2v) is 6.21. The van der Waals surface area contributed by atoms with Crippen LogP contribution in [0.4, 0.5) is 0 Å². The number of unbranched alkanes of at least 4 members (excludes halogenated alkanes) is 4. The summed E-state index contributed by atoms with van der Waals surface area (Å²) < 4.78 is 0. The van der Waals surface area contributed by atoms with Crippen LogP contribution in [0.5, 0.6) is 0 Å². The Kier molecular flexibility index (Phi) is 7.92. The van der Waals surface area contributed by atoms with Crippen molar-refractivity contribution in [2.24, 2.45) is 11.7 Å². The van der Waals surface area contributed by atoms with E-state index in [0.29, 0.717) is 0 Å². The molecule has 0 aromatic heterocycles. The quantitative estimate of drug-likeness (QED) is 0.634. The lowest BCUT2D eigenvalue weighted by Gasteiger charge is -2.34. The van der Waals surface area contributed by atoms with Gasteiger partial charge in [0.2, 0.25) is 0 Å². The maximum absolute atomic E-state index is 5.89. The molecule has 0 radical (unpaired) electrons. The molecule has 1 aliphatic rings. The molecular formula is C16H34N2. The predicted molar refractivity (Wildman–Crippen MR) is 80.8 cm³/mol. The third-order valence-electron chi connectivity index (χ3n) is 4.87. The molecule has 1 aliphatic carbocycles. The highest BCUT2D eigenvalue weighted by molar-refractivity contribution is 4.86. The zero-order chi connectivity index (χ0) is 13.4. The summed E-state index contributed by atoms with van der Waals surface area (Å²) in [4.78, 5) is 2.62. The van der Waals surface area contributed by atoms with Crippen LogP contribution in [0.1, 0.15) is 71.6 Å². The standard InChI is InChI=1S/C16H34N2/c1-4-5-6-7-8-10-14(2)18(3)16-12-9-11-15(16)13-17/h14-16H,4-13,17H2,1-3H3. The molecule has 0 spiro atoms. The minimum atomic E-state index is 0.726. The average Bonchev–Trinajstić information content (AvgIpc) is 2.85.